The lowest BCUT2D eigenvalue weighted by Crippen LogP contribution is -2.07. The van der Waals surface area contributed by atoms with Gasteiger partial charge in [-0.25, -0.2) is 13.5 Å². The molecule has 1 heterocycles. The molecule has 0 aliphatic heterocycles. The molecule has 0 atom stereocenters. The van der Waals surface area contributed by atoms with Gasteiger partial charge in [-0.2, -0.15) is 0 Å². The van der Waals surface area contributed by atoms with Gasteiger partial charge in [0.1, 0.15) is 11.0 Å². The minimum absolute atomic E-state index is 0.0382. The van der Waals surface area contributed by atoms with Crippen molar-refractivity contribution in [2.45, 2.75) is 6.54 Å². The summed E-state index contributed by atoms with van der Waals surface area (Å²) in [5, 5.41) is 7.49. The first-order chi connectivity index (χ1) is 7.65. The number of hydrogen-bond donors (Lipinski definition) is 0. The second kappa shape index (κ2) is 4.42. The third-order valence-electron chi connectivity index (χ3n) is 2.14. The van der Waals surface area contributed by atoms with Crippen LogP contribution >= 0.6 is 15.9 Å². The Bertz CT molecular complexity index is 529. The van der Waals surface area contributed by atoms with Crippen LogP contribution in [0, 0.1) is 11.6 Å². The van der Waals surface area contributed by atoms with Crippen molar-refractivity contribution in [2.75, 3.05) is 13.7 Å². The van der Waals surface area contributed by atoms with E-state index in [4.69, 9.17) is 4.74 Å². The summed E-state index contributed by atoms with van der Waals surface area (Å²) in [6.45, 7) is 0.681. The number of rotatable bonds is 3. The Hall–Kier alpha value is -1.08. The second-order valence-electron chi connectivity index (χ2n) is 3.16. The molecular weight excluding hydrogens is 284 g/mol. The van der Waals surface area contributed by atoms with Crippen molar-refractivity contribution in [3.05, 3.63) is 22.2 Å². The van der Waals surface area contributed by atoms with Crippen molar-refractivity contribution < 1.29 is 13.5 Å². The minimum atomic E-state index is -0.953. The van der Waals surface area contributed by atoms with Gasteiger partial charge in [-0.05, 0) is 22.0 Å². The summed E-state index contributed by atoms with van der Waals surface area (Å²) in [5.41, 5.74) is 0.361. The van der Waals surface area contributed by atoms with E-state index in [9.17, 15) is 8.78 Å². The summed E-state index contributed by atoms with van der Waals surface area (Å²) >= 11 is 2.91. The van der Waals surface area contributed by atoms with Crippen LogP contribution < -0.4 is 0 Å². The molecule has 16 heavy (non-hydrogen) atoms. The molecule has 0 amide bonds. The van der Waals surface area contributed by atoms with E-state index >= 15 is 0 Å². The maximum atomic E-state index is 13.6. The van der Waals surface area contributed by atoms with Gasteiger partial charge in [0.15, 0.2) is 11.6 Å². The van der Waals surface area contributed by atoms with Crippen LogP contribution in [0.4, 0.5) is 8.78 Å². The van der Waals surface area contributed by atoms with Crippen molar-refractivity contribution in [2.24, 2.45) is 0 Å². The van der Waals surface area contributed by atoms with Crippen molar-refractivity contribution in [3.63, 3.8) is 0 Å². The van der Waals surface area contributed by atoms with Gasteiger partial charge in [0.2, 0.25) is 0 Å². The smallest absolute Gasteiger partial charge is 0.187 e. The molecular formula is C9H8BrF2N3O. The molecule has 0 radical (unpaired) electrons. The Labute approximate surface area is 98.3 Å². The number of ether oxygens (including phenoxy) is 1. The molecule has 86 valence electrons. The molecule has 0 unspecified atom stereocenters. The molecule has 1 aromatic carbocycles. The average Bonchev–Trinajstić information content (AvgIpc) is 2.66. The number of halogens is 3. The van der Waals surface area contributed by atoms with Crippen LogP contribution in [0.1, 0.15) is 0 Å². The molecule has 0 bridgehead atoms. The number of benzene rings is 1. The SMILES string of the molecule is COCCn1nnc2cc(Br)c(F)c(F)c21. The van der Waals surface area contributed by atoms with Gasteiger partial charge in [0.25, 0.3) is 0 Å². The first-order valence-corrected chi connectivity index (χ1v) is 5.30. The highest BCUT2D eigenvalue weighted by atomic mass is 79.9. The van der Waals surface area contributed by atoms with Crippen LogP contribution in [0.5, 0.6) is 0 Å². The quantitative estimate of drug-likeness (QED) is 0.814. The molecule has 4 nitrogen and oxygen atoms in total. The van der Waals surface area contributed by atoms with Gasteiger partial charge in [-0.15, -0.1) is 5.10 Å². The van der Waals surface area contributed by atoms with Gasteiger partial charge in [0.05, 0.1) is 17.6 Å². The number of fused-ring (bicyclic) bond motifs is 1. The maximum Gasteiger partial charge on any atom is 0.187 e. The lowest BCUT2D eigenvalue weighted by molar-refractivity contribution is 0.184. The van der Waals surface area contributed by atoms with Gasteiger partial charge in [0, 0.05) is 7.11 Å². The molecule has 0 aliphatic carbocycles. The highest BCUT2D eigenvalue weighted by Gasteiger charge is 2.17. The number of aromatic nitrogens is 3. The third kappa shape index (κ3) is 1.80. The molecule has 0 N–H and O–H groups in total. The third-order valence-corrected chi connectivity index (χ3v) is 2.72. The first-order valence-electron chi connectivity index (χ1n) is 4.50. The van der Waals surface area contributed by atoms with E-state index in [0.29, 0.717) is 18.7 Å². The number of nitrogens with zero attached hydrogens (tertiary/aromatic N) is 3. The summed E-state index contributed by atoms with van der Waals surface area (Å²) < 4.78 is 33.1. The van der Waals surface area contributed by atoms with Gasteiger partial charge in [-0.3, -0.25) is 0 Å². The molecule has 0 fully saturated rings. The van der Waals surface area contributed by atoms with Crippen molar-refractivity contribution in [1.82, 2.24) is 15.0 Å². The topological polar surface area (TPSA) is 39.9 Å². The maximum absolute atomic E-state index is 13.6. The molecule has 2 aromatic rings. The zero-order valence-electron chi connectivity index (χ0n) is 8.38. The van der Waals surface area contributed by atoms with E-state index in [1.165, 1.54) is 17.9 Å². The van der Waals surface area contributed by atoms with E-state index in [-0.39, 0.29) is 9.99 Å². The highest BCUT2D eigenvalue weighted by Crippen LogP contribution is 2.25. The van der Waals surface area contributed by atoms with Gasteiger partial charge >= 0.3 is 0 Å². The van der Waals surface area contributed by atoms with Crippen LogP contribution in [-0.2, 0) is 11.3 Å². The molecule has 7 heteroatoms. The minimum Gasteiger partial charge on any atom is -0.383 e. The monoisotopic (exact) mass is 291 g/mol. The van der Waals surface area contributed by atoms with E-state index in [1.54, 1.807) is 0 Å². The molecule has 0 aliphatic rings. The average molecular weight is 292 g/mol. The fourth-order valence-electron chi connectivity index (χ4n) is 1.38. The predicted molar refractivity (Wildman–Crippen MR) is 57.0 cm³/mol. The second-order valence-corrected chi connectivity index (χ2v) is 4.01. The zero-order chi connectivity index (χ0) is 11.7. The van der Waals surface area contributed by atoms with E-state index < -0.39 is 11.6 Å². The Balaban J connectivity index is 2.57. The normalized spacial score (nSPS) is 11.2. The molecule has 0 saturated carbocycles. The van der Waals surface area contributed by atoms with Crippen molar-refractivity contribution >= 4 is 27.0 Å². The van der Waals surface area contributed by atoms with E-state index in [1.807, 2.05) is 0 Å². The summed E-state index contributed by atoms with van der Waals surface area (Å²) in [4.78, 5) is 0. The zero-order valence-corrected chi connectivity index (χ0v) is 9.96. The Morgan fingerprint density at radius 1 is 1.44 bits per heavy atom. The van der Waals surface area contributed by atoms with Crippen LogP contribution in [-0.4, -0.2) is 28.7 Å². The van der Waals surface area contributed by atoms with E-state index in [2.05, 4.69) is 26.2 Å². The Kier molecular flexibility index (Phi) is 3.15. The lowest BCUT2D eigenvalue weighted by atomic mass is 10.3. The van der Waals surface area contributed by atoms with Crippen LogP contribution in [0.3, 0.4) is 0 Å². The van der Waals surface area contributed by atoms with Crippen LogP contribution in [0.25, 0.3) is 11.0 Å². The summed E-state index contributed by atoms with van der Waals surface area (Å²) in [6.07, 6.45) is 0. The largest absolute Gasteiger partial charge is 0.383 e. The Morgan fingerprint density at radius 2 is 2.19 bits per heavy atom. The Morgan fingerprint density at radius 3 is 2.88 bits per heavy atom. The van der Waals surface area contributed by atoms with Crippen molar-refractivity contribution in [1.29, 1.82) is 0 Å². The fraction of sp³-hybridized carbons (Fsp3) is 0.333. The molecule has 0 saturated heterocycles. The standard InChI is InChI=1S/C9H8BrF2N3O/c1-16-3-2-15-9-6(13-14-15)4-5(10)7(11)8(9)12/h4H,2-3H2,1H3. The van der Waals surface area contributed by atoms with Crippen molar-refractivity contribution in [3.8, 4) is 0 Å². The summed E-state index contributed by atoms with van der Waals surface area (Å²) in [6, 6.07) is 1.39. The lowest BCUT2D eigenvalue weighted by Gasteiger charge is -2.03. The summed E-state index contributed by atoms with van der Waals surface area (Å²) in [7, 11) is 1.52. The number of methoxy groups -OCH3 is 1. The van der Waals surface area contributed by atoms with E-state index in [0.717, 1.165) is 0 Å². The van der Waals surface area contributed by atoms with Gasteiger partial charge in [-0.1, -0.05) is 5.21 Å². The molecule has 1 aromatic heterocycles. The van der Waals surface area contributed by atoms with Gasteiger partial charge < -0.3 is 4.74 Å². The van der Waals surface area contributed by atoms with Crippen LogP contribution in [0.2, 0.25) is 0 Å². The van der Waals surface area contributed by atoms with Crippen LogP contribution in [0.15, 0.2) is 10.5 Å². The molecule has 2 rings (SSSR count). The highest BCUT2D eigenvalue weighted by molar-refractivity contribution is 9.10. The molecule has 0 spiro atoms. The number of hydrogen-bond acceptors (Lipinski definition) is 3. The first kappa shape index (κ1) is 11.4. The summed E-state index contributed by atoms with van der Waals surface area (Å²) in [5.74, 6) is -1.89. The fourth-order valence-corrected chi connectivity index (χ4v) is 1.77. The predicted octanol–water partition coefficient (Wildman–Crippen LogP) is 2.12.